The lowest BCUT2D eigenvalue weighted by atomic mass is 9.97. The Bertz CT molecular complexity index is 994. The van der Waals surface area contributed by atoms with Crippen LogP contribution in [0.5, 0.6) is 0 Å². The maximum atomic E-state index is 12.2. The van der Waals surface area contributed by atoms with E-state index in [1.165, 1.54) is 6.20 Å². The van der Waals surface area contributed by atoms with E-state index in [9.17, 15) is 9.59 Å². The number of aryl methyl sites for hydroxylation is 1. The van der Waals surface area contributed by atoms with Gasteiger partial charge in [0.05, 0.1) is 5.70 Å². The summed E-state index contributed by atoms with van der Waals surface area (Å²) in [4.78, 5) is 24.1. The third kappa shape index (κ3) is 9.15. The highest BCUT2D eigenvalue weighted by Crippen LogP contribution is 2.25. The molecule has 2 rings (SSSR count). The lowest BCUT2D eigenvalue weighted by Gasteiger charge is -2.18. The number of nitrogens with one attached hydrogen (secondary N) is 3. The third-order valence-corrected chi connectivity index (χ3v) is 4.97. The summed E-state index contributed by atoms with van der Waals surface area (Å²) in [6.07, 6.45) is 3.06. The van der Waals surface area contributed by atoms with Crippen LogP contribution in [-0.4, -0.2) is 32.1 Å². The Hall–Kier alpha value is -3.52. The molecule has 0 radical (unpaired) electrons. The van der Waals surface area contributed by atoms with Crippen molar-refractivity contribution in [2.75, 3.05) is 36.6 Å². The smallest absolute Gasteiger partial charge is 0.233 e. The fraction of sp³-hybridized carbons (Fsp3) is 0.385. The largest absolute Gasteiger partial charge is 0.403 e. The molecule has 184 valence electrons. The number of hydrogen-bond donors (Lipinski definition) is 5. The average Bonchev–Trinajstić information content (AvgIpc) is 2.77. The summed E-state index contributed by atoms with van der Waals surface area (Å²) in [5, 5.41) is 8.77. The van der Waals surface area contributed by atoms with Crippen LogP contribution in [0.25, 0.3) is 5.70 Å². The summed E-state index contributed by atoms with van der Waals surface area (Å²) in [5.41, 5.74) is 16.7. The minimum absolute atomic E-state index is 0.0391. The standard InChI is InChI=1S/C26H37N5O3/c1-26(2,3)17-29-24(32)15-25(33)31-20-10-8-19(9-11-20)30-23(16-27)21-12-7-18(14-22(21)28)6-5-13-34-4/h7-12,14,16,30H,5-6,13,15,17,27-28H2,1-4H3,(H,29,32)(H,31,33)/b23-16+. The van der Waals surface area contributed by atoms with Gasteiger partial charge in [-0.1, -0.05) is 32.9 Å². The number of nitrogens with two attached hydrogens (primary N) is 2. The molecule has 8 nitrogen and oxygen atoms in total. The second kappa shape index (κ2) is 12.6. The van der Waals surface area contributed by atoms with Gasteiger partial charge in [0.15, 0.2) is 0 Å². The third-order valence-electron chi connectivity index (χ3n) is 4.97. The molecule has 0 spiro atoms. The van der Waals surface area contributed by atoms with E-state index in [0.29, 0.717) is 30.2 Å². The second-order valence-electron chi connectivity index (χ2n) is 9.36. The number of hydrogen-bond acceptors (Lipinski definition) is 6. The van der Waals surface area contributed by atoms with Crippen molar-refractivity contribution < 1.29 is 14.3 Å². The zero-order valence-corrected chi connectivity index (χ0v) is 20.5. The SMILES string of the molecule is COCCCc1ccc(/C(=C\N)Nc2ccc(NC(=O)CC(=O)NCC(C)(C)C)cc2)c(N)c1. The van der Waals surface area contributed by atoms with Gasteiger partial charge in [0.1, 0.15) is 6.42 Å². The van der Waals surface area contributed by atoms with Gasteiger partial charge >= 0.3 is 0 Å². The summed E-state index contributed by atoms with van der Waals surface area (Å²) >= 11 is 0. The van der Waals surface area contributed by atoms with Crippen LogP contribution in [0.15, 0.2) is 48.7 Å². The number of anilines is 3. The molecule has 2 amide bonds. The first-order valence-electron chi connectivity index (χ1n) is 11.3. The first kappa shape index (κ1) is 26.7. The van der Waals surface area contributed by atoms with Crippen LogP contribution in [0.4, 0.5) is 17.1 Å². The van der Waals surface area contributed by atoms with Crippen molar-refractivity contribution in [3.8, 4) is 0 Å². The summed E-state index contributed by atoms with van der Waals surface area (Å²) in [5.74, 6) is -0.668. The molecule has 0 atom stereocenters. The molecule has 7 N–H and O–H groups in total. The number of rotatable bonds is 11. The lowest BCUT2D eigenvalue weighted by Crippen LogP contribution is -2.34. The van der Waals surface area contributed by atoms with Crippen LogP contribution < -0.4 is 27.4 Å². The average molecular weight is 468 g/mol. The van der Waals surface area contributed by atoms with Crippen molar-refractivity contribution in [2.45, 2.75) is 40.0 Å². The monoisotopic (exact) mass is 467 g/mol. The zero-order valence-electron chi connectivity index (χ0n) is 20.5. The number of ether oxygens (including phenoxy) is 1. The molecule has 0 fully saturated rings. The van der Waals surface area contributed by atoms with Crippen LogP contribution in [0.1, 0.15) is 44.7 Å². The van der Waals surface area contributed by atoms with Crippen LogP contribution in [0.3, 0.4) is 0 Å². The molecule has 0 bridgehead atoms. The first-order chi connectivity index (χ1) is 16.1. The summed E-state index contributed by atoms with van der Waals surface area (Å²) < 4.78 is 5.10. The quantitative estimate of drug-likeness (QED) is 0.194. The zero-order chi connectivity index (χ0) is 25.1. The Labute approximate surface area is 202 Å². The van der Waals surface area contributed by atoms with Gasteiger partial charge in [-0.25, -0.2) is 0 Å². The Morgan fingerprint density at radius 2 is 1.65 bits per heavy atom. The number of nitrogen functional groups attached to an aromatic ring is 1. The predicted molar refractivity (Wildman–Crippen MR) is 139 cm³/mol. The molecule has 0 aromatic heterocycles. The predicted octanol–water partition coefficient (Wildman–Crippen LogP) is 3.71. The highest BCUT2D eigenvalue weighted by atomic mass is 16.5. The normalized spacial score (nSPS) is 11.7. The Morgan fingerprint density at radius 1 is 1.00 bits per heavy atom. The van der Waals surface area contributed by atoms with Crippen LogP contribution >= 0.6 is 0 Å². The minimum Gasteiger partial charge on any atom is -0.403 e. The molecule has 2 aromatic carbocycles. The molecular formula is C26H37N5O3. The second-order valence-corrected chi connectivity index (χ2v) is 9.36. The first-order valence-corrected chi connectivity index (χ1v) is 11.3. The number of benzene rings is 2. The van der Waals surface area contributed by atoms with Gasteiger partial charge in [-0.05, 0) is 54.2 Å². The van der Waals surface area contributed by atoms with E-state index in [1.54, 1.807) is 19.2 Å². The van der Waals surface area contributed by atoms with Gasteiger partial charge in [0, 0.05) is 49.1 Å². The Kier molecular flexibility index (Phi) is 9.94. The molecule has 0 saturated heterocycles. The van der Waals surface area contributed by atoms with Crippen molar-refractivity contribution in [2.24, 2.45) is 11.1 Å². The minimum atomic E-state index is -0.368. The van der Waals surface area contributed by atoms with Gasteiger partial charge < -0.3 is 32.2 Å². The van der Waals surface area contributed by atoms with Crippen molar-refractivity contribution in [1.29, 1.82) is 0 Å². The number of amides is 2. The maximum absolute atomic E-state index is 12.2. The van der Waals surface area contributed by atoms with E-state index in [4.69, 9.17) is 16.2 Å². The molecule has 0 heterocycles. The van der Waals surface area contributed by atoms with Gasteiger partial charge in [-0.2, -0.15) is 0 Å². The van der Waals surface area contributed by atoms with Crippen molar-refractivity contribution in [3.63, 3.8) is 0 Å². The topological polar surface area (TPSA) is 132 Å². The lowest BCUT2D eigenvalue weighted by molar-refractivity contribution is -0.127. The molecule has 0 saturated carbocycles. The van der Waals surface area contributed by atoms with Gasteiger partial charge in [0.2, 0.25) is 11.8 Å². The number of carbonyl (C=O) groups is 2. The van der Waals surface area contributed by atoms with Crippen LogP contribution in [-0.2, 0) is 20.7 Å². The van der Waals surface area contributed by atoms with Gasteiger partial charge in [0.25, 0.3) is 0 Å². The maximum Gasteiger partial charge on any atom is 0.233 e. The van der Waals surface area contributed by atoms with Crippen molar-refractivity contribution in [1.82, 2.24) is 5.32 Å². The van der Waals surface area contributed by atoms with E-state index in [0.717, 1.165) is 29.7 Å². The fourth-order valence-electron chi connectivity index (χ4n) is 3.20. The highest BCUT2D eigenvalue weighted by Gasteiger charge is 2.14. The van der Waals surface area contributed by atoms with E-state index < -0.39 is 0 Å². The molecule has 0 aliphatic carbocycles. The van der Waals surface area contributed by atoms with Crippen LogP contribution in [0, 0.1) is 5.41 Å². The molecule has 0 aliphatic heterocycles. The Balaban J connectivity index is 1.94. The van der Waals surface area contributed by atoms with Gasteiger partial charge in [-0.15, -0.1) is 0 Å². The number of methoxy groups -OCH3 is 1. The van der Waals surface area contributed by atoms with Crippen molar-refractivity contribution >= 4 is 34.6 Å². The molecule has 2 aromatic rings. The van der Waals surface area contributed by atoms with E-state index in [-0.39, 0.29) is 23.7 Å². The fourth-order valence-corrected chi connectivity index (χ4v) is 3.20. The van der Waals surface area contributed by atoms with Crippen molar-refractivity contribution in [3.05, 3.63) is 59.8 Å². The molecule has 34 heavy (non-hydrogen) atoms. The van der Waals surface area contributed by atoms with Gasteiger partial charge in [-0.3, -0.25) is 9.59 Å². The Morgan fingerprint density at radius 3 is 2.21 bits per heavy atom. The summed E-state index contributed by atoms with van der Waals surface area (Å²) in [6, 6.07) is 13.1. The molecule has 0 aliphatic rings. The van der Waals surface area contributed by atoms with E-state index >= 15 is 0 Å². The summed E-state index contributed by atoms with van der Waals surface area (Å²) in [6.45, 7) is 7.27. The van der Waals surface area contributed by atoms with Crippen LogP contribution in [0.2, 0.25) is 0 Å². The molecular weight excluding hydrogens is 430 g/mol. The highest BCUT2D eigenvalue weighted by molar-refractivity contribution is 6.03. The number of carbonyl (C=O) groups excluding carboxylic acids is 2. The summed E-state index contributed by atoms with van der Waals surface area (Å²) in [7, 11) is 1.69. The van der Waals surface area contributed by atoms with E-state index in [2.05, 4.69) is 16.0 Å². The molecule has 8 heteroatoms. The van der Waals surface area contributed by atoms with E-state index in [1.807, 2.05) is 51.1 Å². The molecule has 0 unspecified atom stereocenters.